The van der Waals surface area contributed by atoms with Gasteiger partial charge >= 0.3 is 0 Å². The van der Waals surface area contributed by atoms with Crippen molar-refractivity contribution in [2.24, 2.45) is 0 Å². The summed E-state index contributed by atoms with van der Waals surface area (Å²) in [4.78, 5) is 12.5. The van der Waals surface area contributed by atoms with E-state index in [2.05, 4.69) is 18.0 Å². The van der Waals surface area contributed by atoms with Gasteiger partial charge in [-0.1, -0.05) is 6.92 Å². The standard InChI is InChI=1S/C12H14N2O2.HI/c1-2-6-13-7-5-10-3-4-12(14(15)16)8-11(10)9-13;/h3-5,7-8H,2,6,9H2,1H3;1H. The fourth-order valence-electron chi connectivity index (χ4n) is 1.90. The molecule has 0 bridgehead atoms. The first-order chi connectivity index (χ1) is 7.70. The lowest BCUT2D eigenvalue weighted by atomic mass is 10.0. The molecule has 0 aliphatic carbocycles. The quantitative estimate of drug-likeness (QED) is 0.479. The highest BCUT2D eigenvalue weighted by atomic mass is 127. The minimum Gasteiger partial charge on any atom is -0.373 e. The number of benzene rings is 1. The second-order valence-corrected chi connectivity index (χ2v) is 3.93. The Morgan fingerprint density at radius 2 is 2.24 bits per heavy atom. The lowest BCUT2D eigenvalue weighted by molar-refractivity contribution is -0.384. The number of non-ortho nitro benzene ring substituents is 1. The van der Waals surface area contributed by atoms with Crippen LogP contribution in [0.4, 0.5) is 5.69 Å². The van der Waals surface area contributed by atoms with Crippen LogP contribution in [-0.2, 0) is 6.54 Å². The molecule has 0 fully saturated rings. The van der Waals surface area contributed by atoms with Gasteiger partial charge in [-0.3, -0.25) is 10.1 Å². The molecule has 0 spiro atoms. The second kappa shape index (κ2) is 6.00. The fraction of sp³-hybridized carbons (Fsp3) is 0.333. The fourth-order valence-corrected chi connectivity index (χ4v) is 1.90. The highest BCUT2D eigenvalue weighted by Crippen LogP contribution is 2.24. The van der Waals surface area contributed by atoms with Gasteiger partial charge in [0.05, 0.1) is 4.92 Å². The van der Waals surface area contributed by atoms with Crippen molar-refractivity contribution in [3.63, 3.8) is 0 Å². The average molecular weight is 346 g/mol. The highest BCUT2D eigenvalue weighted by Gasteiger charge is 2.14. The molecule has 0 aromatic heterocycles. The first kappa shape index (κ1) is 14.0. The Balaban J connectivity index is 0.00000144. The van der Waals surface area contributed by atoms with Crippen molar-refractivity contribution in [2.45, 2.75) is 19.9 Å². The summed E-state index contributed by atoms with van der Waals surface area (Å²) in [7, 11) is 0. The summed E-state index contributed by atoms with van der Waals surface area (Å²) >= 11 is 0. The first-order valence-corrected chi connectivity index (χ1v) is 5.40. The van der Waals surface area contributed by atoms with Crippen molar-refractivity contribution < 1.29 is 4.92 Å². The van der Waals surface area contributed by atoms with Gasteiger partial charge in [-0.15, -0.1) is 24.0 Å². The third-order valence-corrected chi connectivity index (χ3v) is 2.69. The van der Waals surface area contributed by atoms with E-state index in [4.69, 9.17) is 0 Å². The molecular formula is C12H15IN2O2. The van der Waals surface area contributed by atoms with E-state index in [1.807, 2.05) is 12.1 Å². The summed E-state index contributed by atoms with van der Waals surface area (Å²) in [6.45, 7) is 3.87. The van der Waals surface area contributed by atoms with Gasteiger partial charge in [-0.2, -0.15) is 0 Å². The van der Waals surface area contributed by atoms with E-state index in [9.17, 15) is 10.1 Å². The Morgan fingerprint density at radius 1 is 1.47 bits per heavy atom. The van der Waals surface area contributed by atoms with Crippen LogP contribution in [-0.4, -0.2) is 16.4 Å². The maximum absolute atomic E-state index is 10.7. The Bertz CT molecular complexity index is 446. The lowest BCUT2D eigenvalue weighted by Crippen LogP contribution is -2.20. The Morgan fingerprint density at radius 3 is 2.88 bits per heavy atom. The van der Waals surface area contributed by atoms with Gasteiger partial charge in [0.1, 0.15) is 0 Å². The molecule has 92 valence electrons. The lowest BCUT2D eigenvalue weighted by Gasteiger charge is -2.24. The molecule has 1 aromatic carbocycles. The van der Waals surface area contributed by atoms with E-state index >= 15 is 0 Å². The SMILES string of the molecule is CCCN1C=Cc2ccc([N+](=O)[O-])cc2C1.I. The van der Waals surface area contributed by atoms with E-state index in [0.717, 1.165) is 30.6 Å². The molecule has 4 nitrogen and oxygen atoms in total. The number of hydrogen-bond acceptors (Lipinski definition) is 3. The van der Waals surface area contributed by atoms with Gasteiger partial charge in [0.25, 0.3) is 5.69 Å². The highest BCUT2D eigenvalue weighted by molar-refractivity contribution is 14.0. The number of nitro groups is 1. The van der Waals surface area contributed by atoms with Crippen LogP contribution < -0.4 is 0 Å². The van der Waals surface area contributed by atoms with Crippen molar-refractivity contribution in [1.29, 1.82) is 0 Å². The maximum atomic E-state index is 10.7. The van der Waals surface area contributed by atoms with Gasteiger partial charge in [0, 0.05) is 25.2 Å². The second-order valence-electron chi connectivity index (χ2n) is 3.93. The van der Waals surface area contributed by atoms with Gasteiger partial charge < -0.3 is 4.90 Å². The molecule has 1 aliphatic heterocycles. The average Bonchev–Trinajstić information content (AvgIpc) is 2.28. The smallest absolute Gasteiger partial charge is 0.269 e. The Kier molecular flexibility index (Phi) is 4.92. The molecule has 0 saturated carbocycles. The minimum absolute atomic E-state index is 0. The summed E-state index contributed by atoms with van der Waals surface area (Å²) in [5, 5.41) is 10.7. The van der Waals surface area contributed by atoms with Crippen LogP contribution in [0.2, 0.25) is 0 Å². The molecule has 0 atom stereocenters. The van der Waals surface area contributed by atoms with Crippen molar-refractivity contribution in [2.75, 3.05) is 6.54 Å². The zero-order valence-electron chi connectivity index (χ0n) is 9.63. The van der Waals surface area contributed by atoms with Crippen molar-refractivity contribution in [3.8, 4) is 0 Å². The van der Waals surface area contributed by atoms with Crippen molar-refractivity contribution in [3.05, 3.63) is 45.6 Å². The van der Waals surface area contributed by atoms with Crippen LogP contribution in [0.5, 0.6) is 0 Å². The molecule has 1 heterocycles. The first-order valence-electron chi connectivity index (χ1n) is 5.40. The van der Waals surface area contributed by atoms with Crippen LogP contribution in [0.25, 0.3) is 6.08 Å². The molecule has 5 heteroatoms. The summed E-state index contributed by atoms with van der Waals surface area (Å²) in [5.74, 6) is 0. The third kappa shape index (κ3) is 3.18. The van der Waals surface area contributed by atoms with E-state index in [0.29, 0.717) is 0 Å². The third-order valence-electron chi connectivity index (χ3n) is 2.69. The van der Waals surface area contributed by atoms with E-state index in [1.165, 1.54) is 0 Å². The van der Waals surface area contributed by atoms with Gasteiger partial charge in [0.15, 0.2) is 0 Å². The summed E-state index contributed by atoms with van der Waals surface area (Å²) in [5.41, 5.74) is 2.29. The molecule has 0 N–H and O–H groups in total. The van der Waals surface area contributed by atoms with Crippen LogP contribution in [0.1, 0.15) is 24.5 Å². The number of hydrogen-bond donors (Lipinski definition) is 0. The molecule has 0 unspecified atom stereocenters. The summed E-state index contributed by atoms with van der Waals surface area (Å²) in [6, 6.07) is 5.04. The van der Waals surface area contributed by atoms with Gasteiger partial charge in [0.2, 0.25) is 0 Å². The van der Waals surface area contributed by atoms with Crippen LogP contribution >= 0.6 is 24.0 Å². The largest absolute Gasteiger partial charge is 0.373 e. The topological polar surface area (TPSA) is 46.4 Å². The number of nitro benzene ring substituents is 1. The Labute approximate surface area is 117 Å². The Hall–Kier alpha value is -1.11. The number of fused-ring (bicyclic) bond motifs is 1. The summed E-state index contributed by atoms with van der Waals surface area (Å²) < 4.78 is 0. The number of rotatable bonds is 3. The molecular weight excluding hydrogens is 331 g/mol. The van der Waals surface area contributed by atoms with Gasteiger partial charge in [-0.25, -0.2) is 0 Å². The van der Waals surface area contributed by atoms with Crippen molar-refractivity contribution >= 4 is 35.7 Å². The molecule has 0 saturated heterocycles. The molecule has 17 heavy (non-hydrogen) atoms. The molecule has 2 rings (SSSR count). The monoisotopic (exact) mass is 346 g/mol. The predicted molar refractivity (Wildman–Crippen MR) is 78.2 cm³/mol. The van der Waals surface area contributed by atoms with E-state index in [-0.39, 0.29) is 34.6 Å². The normalized spacial score (nSPS) is 12.9. The van der Waals surface area contributed by atoms with Crippen LogP contribution in [0.15, 0.2) is 24.4 Å². The molecule has 1 aromatic rings. The zero-order valence-corrected chi connectivity index (χ0v) is 12.0. The van der Waals surface area contributed by atoms with E-state index < -0.39 is 0 Å². The summed E-state index contributed by atoms with van der Waals surface area (Å²) in [6.07, 6.45) is 5.14. The van der Waals surface area contributed by atoms with E-state index in [1.54, 1.807) is 12.1 Å². The van der Waals surface area contributed by atoms with Crippen LogP contribution in [0.3, 0.4) is 0 Å². The maximum Gasteiger partial charge on any atom is 0.269 e. The number of halogens is 1. The minimum atomic E-state index is -0.344. The van der Waals surface area contributed by atoms with Crippen molar-refractivity contribution in [1.82, 2.24) is 4.90 Å². The molecule has 0 radical (unpaired) electrons. The van der Waals surface area contributed by atoms with Gasteiger partial charge in [-0.05, 0) is 35.9 Å². The number of nitrogens with zero attached hydrogens (tertiary/aromatic N) is 2. The molecule has 1 aliphatic rings. The zero-order chi connectivity index (χ0) is 11.5. The molecule has 0 amide bonds. The van der Waals surface area contributed by atoms with Crippen LogP contribution in [0, 0.1) is 10.1 Å². The predicted octanol–water partition coefficient (Wildman–Crippen LogP) is 3.41.